The Morgan fingerprint density at radius 1 is 0.132 bits per heavy atom. The van der Waals surface area contributed by atoms with Crippen molar-refractivity contribution in [1.29, 1.82) is 0 Å². The third kappa shape index (κ3) is 17.5. The molecule has 0 aliphatic rings. The van der Waals surface area contributed by atoms with Gasteiger partial charge >= 0.3 is 144 Å². The summed E-state index contributed by atoms with van der Waals surface area (Å²) in [7, 11) is 0. The second-order valence-corrected chi connectivity index (χ2v) is 25.7. The lowest BCUT2D eigenvalue weighted by molar-refractivity contribution is -0.396. The highest BCUT2D eigenvalue weighted by Crippen LogP contribution is 2.62. The van der Waals surface area contributed by atoms with Crippen molar-refractivity contribution in [1.82, 2.24) is 0 Å². The van der Waals surface area contributed by atoms with E-state index in [1.165, 1.54) is 0 Å². The molecule has 0 N–H and O–H groups in total. The minimum Gasteiger partial charge on any atom is -0.200 e. The number of rotatable bonds is 36. The Bertz CT molecular complexity index is 3300. The van der Waals surface area contributed by atoms with Gasteiger partial charge in [-0.25, -0.2) is 0 Å². The summed E-state index contributed by atoms with van der Waals surface area (Å²) in [4.78, 5) is 0. The summed E-state index contributed by atoms with van der Waals surface area (Å²) in [5, 5.41) is -7.58. The number of aryl methyl sites for hydroxylation is 6. The molecule has 0 atom stereocenters. The first-order chi connectivity index (χ1) is 50.0. The van der Waals surface area contributed by atoms with Crippen LogP contribution in [-0.2, 0) is 38.5 Å². The smallest absolute Gasteiger partial charge is 0.200 e. The highest BCUT2D eigenvalue weighted by molar-refractivity contribution is 6.26. The molecular formula is C60H42F54. The first-order valence-corrected chi connectivity index (χ1v) is 30.7. The van der Waals surface area contributed by atoms with E-state index >= 15 is 52.7 Å². The van der Waals surface area contributed by atoms with Crippen molar-refractivity contribution in [2.45, 2.75) is 259 Å². The number of benzene rings is 4. The topological polar surface area (TPSA) is 0 Å². The molecule has 4 rings (SSSR count). The number of hydrogen-bond acceptors (Lipinski definition) is 0. The molecule has 660 valence electrons. The highest BCUT2D eigenvalue weighted by atomic mass is 19.5. The molecule has 0 saturated carbocycles. The fourth-order valence-electron chi connectivity index (χ4n) is 11.2. The summed E-state index contributed by atoms with van der Waals surface area (Å²) in [5.74, 6) is -133. The molecule has 0 fully saturated rings. The second-order valence-electron chi connectivity index (χ2n) is 25.7. The van der Waals surface area contributed by atoms with Crippen molar-refractivity contribution in [3.8, 4) is 0 Å². The van der Waals surface area contributed by atoms with Crippen molar-refractivity contribution in [2.75, 3.05) is 0 Å². The minimum atomic E-state index is -7.79. The van der Waals surface area contributed by atoms with Crippen molar-refractivity contribution < 1.29 is 237 Å². The molecular weight excluding hydrogens is 1750 g/mol. The zero-order valence-corrected chi connectivity index (χ0v) is 54.6. The summed E-state index contributed by atoms with van der Waals surface area (Å²) in [6.45, 7) is 0. The van der Waals surface area contributed by atoms with Gasteiger partial charge < -0.3 is 0 Å². The first kappa shape index (κ1) is 100. The molecule has 0 aliphatic carbocycles. The van der Waals surface area contributed by atoms with Crippen LogP contribution in [0.15, 0.2) is 36.4 Å². The van der Waals surface area contributed by atoms with Crippen LogP contribution < -0.4 is 0 Å². The fraction of sp³-hybridized carbons (Fsp3) is 0.700. The van der Waals surface area contributed by atoms with Crippen molar-refractivity contribution in [2.24, 2.45) is 0 Å². The molecule has 4 aromatic rings. The van der Waals surface area contributed by atoms with Crippen molar-refractivity contribution in [3.63, 3.8) is 0 Å². The van der Waals surface area contributed by atoms with Crippen LogP contribution in [-0.4, -0.2) is 144 Å². The van der Waals surface area contributed by atoms with E-state index in [4.69, 9.17) is 0 Å². The normalized spacial score (nSPS) is 15.7. The highest BCUT2D eigenvalue weighted by Gasteiger charge is 2.86. The van der Waals surface area contributed by atoms with E-state index in [2.05, 4.69) is 0 Å². The molecule has 0 nitrogen and oxygen atoms in total. The van der Waals surface area contributed by atoms with E-state index in [0.29, 0.717) is 0 Å². The molecule has 4 aromatic carbocycles. The van der Waals surface area contributed by atoms with E-state index in [0.717, 1.165) is 0 Å². The Morgan fingerprint density at radius 3 is 0.298 bits per heavy atom. The third-order valence-electron chi connectivity index (χ3n) is 17.8. The van der Waals surface area contributed by atoms with E-state index in [1.807, 2.05) is 0 Å². The van der Waals surface area contributed by atoms with Crippen LogP contribution in [0.5, 0.6) is 0 Å². The molecule has 0 spiro atoms. The van der Waals surface area contributed by atoms with Crippen LogP contribution >= 0.6 is 0 Å². The van der Waals surface area contributed by atoms with Crippen LogP contribution in [0, 0.1) is 0 Å². The average molecular weight is 1790 g/mol. The molecule has 0 bridgehead atoms. The lowest BCUT2D eigenvalue weighted by Gasteiger charge is -2.34. The van der Waals surface area contributed by atoms with E-state index in [1.54, 1.807) is 0 Å². The van der Waals surface area contributed by atoms with Gasteiger partial charge in [-0.1, -0.05) is 36.4 Å². The van der Waals surface area contributed by atoms with Gasteiger partial charge in [0.05, 0.1) is 0 Å². The SMILES string of the molecule is FC(F)(F)C(F)(F)C(F)(F)C(F)(F)CCCc1cc2c3cc(CCCC(F)(F)C(F)(F)C(F)(F)C(F)(F)F)c(CCCC(F)(F)C(F)(F)C(F)(F)C(F)(F)F)cc3c3cc(CCCC(F)(F)C(F)(F)C(F)(F)C(F)(F)F)c(CCCC(F)(F)C(F)(F)C(F)(F)C(F)(F)F)cc3c2cc1CCCC(F)(F)C(F)(F)C(F)(F)C(F)(F)F. The minimum absolute atomic E-state index is 0.0778. The van der Waals surface area contributed by atoms with Gasteiger partial charge in [0, 0.05) is 38.5 Å². The summed E-state index contributed by atoms with van der Waals surface area (Å²) in [5.41, 5.74) is -8.07. The Labute approximate surface area is 598 Å². The summed E-state index contributed by atoms with van der Waals surface area (Å²) in [6, 6.07) is 0.467. The van der Waals surface area contributed by atoms with Gasteiger partial charge in [-0.15, -0.1) is 0 Å². The lowest BCUT2D eigenvalue weighted by atomic mass is 9.83. The lowest BCUT2D eigenvalue weighted by Crippen LogP contribution is -2.60. The summed E-state index contributed by atoms with van der Waals surface area (Å²) < 4.78 is 758. The summed E-state index contributed by atoms with van der Waals surface area (Å²) >= 11 is 0. The molecule has 114 heavy (non-hydrogen) atoms. The van der Waals surface area contributed by atoms with Gasteiger partial charge in [0.1, 0.15) is 0 Å². The molecule has 0 radical (unpaired) electrons. The Balaban J connectivity index is 2.40. The predicted molar refractivity (Wildman–Crippen MR) is 282 cm³/mol. The Kier molecular flexibility index (Phi) is 26.9. The van der Waals surface area contributed by atoms with Crippen molar-refractivity contribution >= 4 is 32.3 Å². The monoisotopic (exact) mass is 1790 g/mol. The number of hydrogen-bond donors (Lipinski definition) is 0. The fourth-order valence-corrected chi connectivity index (χ4v) is 11.2. The van der Waals surface area contributed by atoms with Gasteiger partial charge in [-0.05, 0) is 143 Å². The van der Waals surface area contributed by atoms with Gasteiger partial charge in [-0.2, -0.15) is 237 Å². The van der Waals surface area contributed by atoms with Crippen LogP contribution in [0.4, 0.5) is 237 Å². The Morgan fingerprint density at radius 2 is 0.219 bits per heavy atom. The average Bonchev–Trinajstić information content (AvgIpc) is 0.720. The molecule has 0 aliphatic heterocycles. The number of alkyl halides is 54. The molecule has 0 amide bonds. The maximum Gasteiger partial charge on any atom is 0.460 e. The largest absolute Gasteiger partial charge is 0.460 e. The molecule has 0 saturated heterocycles. The molecule has 0 aromatic heterocycles. The standard InChI is InChI=1S/C60H42F54/c61-37(62,43(73,74)49(85,86)55(97,98)99)13-1-7-25-19-31-32(20-26(25)8-2-14-38(63,64)44(75,76)50(87,88)56(100,101)102)34-22-28(10-4-16-40(67,68)46(79,80)52(91,92)58(106,107)108)30(12-6-18-42(71,72)48(83,84)54(95,96)60(112,113)114)24-36(34)35-23-29(11-5-17-41(69,70)47(81,82)53(93,94)59(109,110)111)27(21-33(31)35)9-3-15-39(65,66)45(77,78)51(89,90)57(103,104)105/h19-24H,1-18H2. The Hall–Kier alpha value is -6.12. The maximum absolute atomic E-state index is 15.0. The van der Waals surface area contributed by atoms with Gasteiger partial charge in [-0.3, -0.25) is 0 Å². The number of halogens is 54. The summed E-state index contributed by atoms with van der Waals surface area (Å²) in [6.07, 6.45) is -88.6. The predicted octanol–water partition coefficient (Wildman–Crippen LogP) is 27.9. The van der Waals surface area contributed by atoms with Crippen LogP contribution in [0.25, 0.3) is 32.3 Å². The second kappa shape index (κ2) is 30.6. The maximum atomic E-state index is 15.0. The van der Waals surface area contributed by atoms with Gasteiger partial charge in [0.2, 0.25) is 0 Å². The van der Waals surface area contributed by atoms with Crippen LogP contribution in [0.3, 0.4) is 0 Å². The number of fused-ring (bicyclic) bond motifs is 6. The third-order valence-corrected chi connectivity index (χ3v) is 17.8. The van der Waals surface area contributed by atoms with Crippen molar-refractivity contribution in [3.05, 3.63) is 69.8 Å². The quantitative estimate of drug-likeness (QED) is 0.0314. The van der Waals surface area contributed by atoms with Crippen LogP contribution in [0.2, 0.25) is 0 Å². The van der Waals surface area contributed by atoms with Gasteiger partial charge in [0.15, 0.2) is 0 Å². The molecule has 0 unspecified atom stereocenters. The van der Waals surface area contributed by atoms with Crippen LogP contribution in [0.1, 0.15) is 110 Å². The zero-order valence-electron chi connectivity index (χ0n) is 54.6. The van der Waals surface area contributed by atoms with E-state index < -0.39 is 325 Å². The van der Waals surface area contributed by atoms with E-state index in [9.17, 15) is 184 Å². The van der Waals surface area contributed by atoms with E-state index in [-0.39, 0.29) is 36.4 Å². The van der Waals surface area contributed by atoms with Gasteiger partial charge in [0.25, 0.3) is 0 Å². The first-order valence-electron chi connectivity index (χ1n) is 30.7. The molecule has 54 heteroatoms. The molecule has 0 heterocycles. The zero-order chi connectivity index (χ0) is 89.9.